The minimum atomic E-state index is -0.0490. The van der Waals surface area contributed by atoms with Gasteiger partial charge in [0.05, 0.1) is 20.3 Å². The van der Waals surface area contributed by atoms with Crippen LogP contribution in [0, 0.1) is 6.92 Å². The van der Waals surface area contributed by atoms with E-state index in [0.717, 1.165) is 27.0 Å². The normalized spacial score (nSPS) is 10.7. The van der Waals surface area contributed by atoms with E-state index in [-0.39, 0.29) is 5.91 Å². The van der Waals surface area contributed by atoms with E-state index in [1.807, 2.05) is 62.2 Å². The molecule has 2 aromatic rings. The molecule has 1 amide bonds. The fourth-order valence-electron chi connectivity index (χ4n) is 2.62. The van der Waals surface area contributed by atoms with Crippen molar-refractivity contribution in [3.63, 3.8) is 0 Å². The van der Waals surface area contributed by atoms with Crippen molar-refractivity contribution >= 4 is 27.5 Å². The summed E-state index contributed by atoms with van der Waals surface area (Å²) in [6.07, 6.45) is 0. The minimum absolute atomic E-state index is 0.0490. The summed E-state index contributed by atoms with van der Waals surface area (Å²) < 4.78 is 11.9. The zero-order chi connectivity index (χ0) is 19.1. The number of nitrogens with one attached hydrogen (secondary N) is 1. The lowest BCUT2D eigenvalue weighted by atomic mass is 10.2. The quantitative estimate of drug-likeness (QED) is 0.693. The summed E-state index contributed by atoms with van der Waals surface area (Å²) in [5, 5.41) is 2.93. The van der Waals surface area contributed by atoms with Crippen LogP contribution in [-0.2, 0) is 11.3 Å². The van der Waals surface area contributed by atoms with Crippen molar-refractivity contribution in [2.75, 3.05) is 32.6 Å². The molecular weight excluding hydrogens is 396 g/mol. The van der Waals surface area contributed by atoms with E-state index in [1.165, 1.54) is 0 Å². The molecule has 0 radical (unpaired) electrons. The maximum absolute atomic E-state index is 12.3. The largest absolute Gasteiger partial charge is 0.493 e. The van der Waals surface area contributed by atoms with Gasteiger partial charge in [-0.1, -0.05) is 22.0 Å². The number of halogens is 1. The van der Waals surface area contributed by atoms with E-state index >= 15 is 0 Å². The average molecular weight is 421 g/mol. The van der Waals surface area contributed by atoms with Crippen molar-refractivity contribution in [2.24, 2.45) is 0 Å². The smallest absolute Gasteiger partial charge is 0.238 e. The number of anilines is 1. The Hall–Kier alpha value is -2.05. The van der Waals surface area contributed by atoms with Crippen LogP contribution in [0.5, 0.6) is 11.5 Å². The van der Waals surface area contributed by atoms with Crippen LogP contribution in [0.15, 0.2) is 40.9 Å². The minimum Gasteiger partial charge on any atom is -0.493 e. The average Bonchev–Trinajstić information content (AvgIpc) is 2.59. The molecule has 0 fully saturated rings. The Morgan fingerprint density at radius 3 is 2.62 bits per heavy atom. The second-order valence-corrected chi connectivity index (χ2v) is 6.96. The van der Waals surface area contributed by atoms with Gasteiger partial charge in [0.1, 0.15) is 0 Å². The van der Waals surface area contributed by atoms with Crippen molar-refractivity contribution in [3.8, 4) is 11.5 Å². The van der Waals surface area contributed by atoms with Gasteiger partial charge >= 0.3 is 0 Å². The number of likely N-dealkylation sites (N-methyl/N-ethyl adjacent to an activating group) is 1. The third kappa shape index (κ3) is 5.75. The lowest BCUT2D eigenvalue weighted by Gasteiger charge is -2.18. The van der Waals surface area contributed by atoms with E-state index < -0.39 is 0 Å². The molecule has 0 unspecified atom stereocenters. The van der Waals surface area contributed by atoms with Crippen molar-refractivity contribution in [2.45, 2.75) is 20.4 Å². The predicted molar refractivity (Wildman–Crippen MR) is 108 cm³/mol. The number of aryl methyl sites for hydroxylation is 1. The van der Waals surface area contributed by atoms with Crippen molar-refractivity contribution in [1.82, 2.24) is 4.90 Å². The Morgan fingerprint density at radius 1 is 1.19 bits per heavy atom. The molecule has 0 aliphatic carbocycles. The first-order valence-electron chi connectivity index (χ1n) is 8.47. The monoisotopic (exact) mass is 420 g/mol. The van der Waals surface area contributed by atoms with Gasteiger partial charge < -0.3 is 14.8 Å². The van der Waals surface area contributed by atoms with E-state index in [9.17, 15) is 4.79 Å². The summed E-state index contributed by atoms with van der Waals surface area (Å²) in [7, 11) is 3.54. The van der Waals surface area contributed by atoms with Crippen LogP contribution >= 0.6 is 15.9 Å². The molecule has 5 nitrogen and oxygen atoms in total. The molecule has 0 atom stereocenters. The van der Waals surface area contributed by atoms with Gasteiger partial charge in [0.15, 0.2) is 11.5 Å². The molecule has 26 heavy (non-hydrogen) atoms. The van der Waals surface area contributed by atoms with Crippen LogP contribution in [0.25, 0.3) is 0 Å². The summed E-state index contributed by atoms with van der Waals surface area (Å²) in [5.74, 6) is 1.38. The van der Waals surface area contributed by atoms with Crippen LogP contribution in [0.4, 0.5) is 5.69 Å². The molecule has 0 saturated carbocycles. The maximum atomic E-state index is 12.3. The molecule has 140 valence electrons. The topological polar surface area (TPSA) is 50.8 Å². The van der Waals surface area contributed by atoms with Crippen molar-refractivity contribution in [3.05, 3.63) is 52.0 Å². The van der Waals surface area contributed by atoms with Crippen LogP contribution in [0.2, 0.25) is 0 Å². The van der Waals surface area contributed by atoms with Crippen LogP contribution in [-0.4, -0.2) is 38.1 Å². The fraction of sp³-hybridized carbons (Fsp3) is 0.350. The number of ether oxygens (including phenoxy) is 2. The highest BCUT2D eigenvalue weighted by Crippen LogP contribution is 2.28. The molecule has 0 aromatic heterocycles. The molecule has 0 aliphatic rings. The van der Waals surface area contributed by atoms with Crippen LogP contribution in [0.1, 0.15) is 18.1 Å². The van der Waals surface area contributed by atoms with Gasteiger partial charge in [-0.2, -0.15) is 0 Å². The fourth-order valence-corrected chi connectivity index (χ4v) is 2.87. The van der Waals surface area contributed by atoms with Gasteiger partial charge in [-0.25, -0.2) is 0 Å². The van der Waals surface area contributed by atoms with Gasteiger partial charge in [0.2, 0.25) is 5.91 Å². The first kappa shape index (κ1) is 20.3. The Kier molecular flexibility index (Phi) is 7.48. The third-order valence-electron chi connectivity index (χ3n) is 3.84. The van der Waals surface area contributed by atoms with E-state index in [1.54, 1.807) is 7.11 Å². The lowest BCUT2D eigenvalue weighted by molar-refractivity contribution is -0.117. The van der Waals surface area contributed by atoms with E-state index in [0.29, 0.717) is 25.4 Å². The van der Waals surface area contributed by atoms with Crippen LogP contribution in [0.3, 0.4) is 0 Å². The molecule has 1 N–H and O–H groups in total. The van der Waals surface area contributed by atoms with E-state index in [2.05, 4.69) is 21.2 Å². The Bertz CT molecular complexity index is 765. The summed E-state index contributed by atoms with van der Waals surface area (Å²) in [6, 6.07) is 11.6. The van der Waals surface area contributed by atoms with Crippen LogP contribution < -0.4 is 14.8 Å². The number of hydrogen-bond acceptors (Lipinski definition) is 4. The molecule has 6 heteroatoms. The number of nitrogens with zero attached hydrogens (tertiary/aromatic N) is 1. The van der Waals surface area contributed by atoms with E-state index in [4.69, 9.17) is 9.47 Å². The summed E-state index contributed by atoms with van der Waals surface area (Å²) >= 11 is 3.46. The number of benzene rings is 2. The number of rotatable bonds is 8. The first-order chi connectivity index (χ1) is 12.4. The highest BCUT2D eigenvalue weighted by atomic mass is 79.9. The molecule has 0 saturated heterocycles. The number of amides is 1. The zero-order valence-corrected chi connectivity index (χ0v) is 17.2. The SMILES string of the molecule is CCOc1ccc(CN(C)CC(=O)Nc2ccc(Br)c(C)c2)cc1OC. The standard InChI is InChI=1S/C20H25BrN2O3/c1-5-26-18-9-6-15(11-19(18)25-4)12-23(3)13-20(24)22-16-7-8-17(21)14(2)10-16/h6-11H,5,12-13H2,1-4H3,(H,22,24). The zero-order valence-electron chi connectivity index (χ0n) is 15.6. The highest BCUT2D eigenvalue weighted by Gasteiger charge is 2.11. The summed E-state index contributed by atoms with van der Waals surface area (Å²) in [6.45, 7) is 5.45. The number of hydrogen-bond donors (Lipinski definition) is 1. The first-order valence-corrected chi connectivity index (χ1v) is 9.26. The number of carbonyl (C=O) groups excluding carboxylic acids is 1. The Morgan fingerprint density at radius 2 is 1.96 bits per heavy atom. The Balaban J connectivity index is 1.94. The summed E-state index contributed by atoms with van der Waals surface area (Å²) in [5.41, 5.74) is 2.93. The predicted octanol–water partition coefficient (Wildman–Crippen LogP) is 4.24. The molecule has 2 aromatic carbocycles. The molecule has 0 heterocycles. The van der Waals surface area contributed by atoms with Gasteiger partial charge in [-0.05, 0) is 62.4 Å². The second-order valence-electron chi connectivity index (χ2n) is 6.10. The van der Waals surface area contributed by atoms with Gasteiger partial charge in [-0.15, -0.1) is 0 Å². The maximum Gasteiger partial charge on any atom is 0.238 e. The van der Waals surface area contributed by atoms with Gasteiger partial charge in [0, 0.05) is 16.7 Å². The molecular formula is C20H25BrN2O3. The number of methoxy groups -OCH3 is 1. The number of carbonyl (C=O) groups is 1. The Labute approximate surface area is 163 Å². The second kappa shape index (κ2) is 9.59. The summed E-state index contributed by atoms with van der Waals surface area (Å²) in [4.78, 5) is 14.2. The molecule has 0 aliphatic heterocycles. The molecule has 0 spiro atoms. The van der Waals surface area contributed by atoms with Crippen molar-refractivity contribution < 1.29 is 14.3 Å². The van der Waals surface area contributed by atoms with Gasteiger partial charge in [-0.3, -0.25) is 9.69 Å². The molecule has 2 rings (SSSR count). The third-order valence-corrected chi connectivity index (χ3v) is 4.73. The van der Waals surface area contributed by atoms with Gasteiger partial charge in [0.25, 0.3) is 0 Å². The lowest BCUT2D eigenvalue weighted by Crippen LogP contribution is -2.29. The van der Waals surface area contributed by atoms with Crippen molar-refractivity contribution in [1.29, 1.82) is 0 Å². The molecule has 0 bridgehead atoms. The highest BCUT2D eigenvalue weighted by molar-refractivity contribution is 9.10.